The van der Waals surface area contributed by atoms with Crippen molar-refractivity contribution in [2.75, 3.05) is 12.8 Å². The normalized spacial score (nSPS) is 12.7. The Bertz CT molecular complexity index is 1060. The summed E-state index contributed by atoms with van der Waals surface area (Å²) in [6.07, 6.45) is 2.45. The van der Waals surface area contributed by atoms with E-state index in [0.29, 0.717) is 16.6 Å². The highest BCUT2D eigenvalue weighted by atomic mass is 32.2. The summed E-state index contributed by atoms with van der Waals surface area (Å²) in [5.74, 6) is -0.390. The molecule has 3 rings (SSSR count). The van der Waals surface area contributed by atoms with Crippen molar-refractivity contribution in [3.05, 3.63) is 54.4 Å². The largest absolute Gasteiger partial charge is 0.327 e. The lowest BCUT2D eigenvalue weighted by molar-refractivity contribution is 0.524. The summed E-state index contributed by atoms with van der Waals surface area (Å²) < 4.78 is 38.7. The van der Waals surface area contributed by atoms with Gasteiger partial charge in [-0.1, -0.05) is 29.5 Å². The third-order valence-corrected chi connectivity index (χ3v) is 4.87. The van der Waals surface area contributed by atoms with Crippen LogP contribution in [0.3, 0.4) is 0 Å². The minimum absolute atomic E-state index is 0.0550. The Morgan fingerprint density at radius 2 is 2.04 bits per heavy atom. The fourth-order valence-corrected chi connectivity index (χ4v) is 3.24. The van der Waals surface area contributed by atoms with Gasteiger partial charge < -0.3 is 5.73 Å². The summed E-state index contributed by atoms with van der Waals surface area (Å²) in [5.41, 5.74) is 7.98. The first-order valence-electron chi connectivity index (χ1n) is 7.57. The molecular weight excluding hydrogens is 343 g/mol. The number of halogens is 1. The molecule has 0 amide bonds. The molecule has 1 aromatic heterocycles. The van der Waals surface area contributed by atoms with Gasteiger partial charge in [0.25, 0.3) is 0 Å². The van der Waals surface area contributed by atoms with Gasteiger partial charge in [0.15, 0.2) is 9.84 Å². The molecule has 0 aliphatic carbocycles. The van der Waals surface area contributed by atoms with E-state index in [1.807, 2.05) is 6.07 Å². The van der Waals surface area contributed by atoms with Gasteiger partial charge in [0.2, 0.25) is 0 Å². The smallest absolute Gasteiger partial charge is 0.175 e. The Morgan fingerprint density at radius 1 is 1.28 bits per heavy atom. The number of hydrogen-bond acceptors (Lipinski definition) is 5. The molecule has 1 heterocycles. The second-order valence-corrected chi connectivity index (χ2v) is 7.62. The Kier molecular flexibility index (Phi) is 4.65. The van der Waals surface area contributed by atoms with Gasteiger partial charge in [0.1, 0.15) is 11.3 Å². The van der Waals surface area contributed by atoms with Crippen LogP contribution in [0.2, 0.25) is 0 Å². The van der Waals surface area contributed by atoms with Crippen LogP contribution < -0.4 is 5.73 Å². The monoisotopic (exact) mass is 360 g/mol. The van der Waals surface area contributed by atoms with Gasteiger partial charge in [0.05, 0.1) is 17.0 Å². The van der Waals surface area contributed by atoms with E-state index in [9.17, 15) is 12.8 Å². The van der Waals surface area contributed by atoms with Gasteiger partial charge in [-0.25, -0.2) is 17.5 Å². The van der Waals surface area contributed by atoms with Crippen LogP contribution in [0.15, 0.2) is 59.3 Å². The first-order valence-corrected chi connectivity index (χ1v) is 9.46. The molecule has 0 unspecified atom stereocenters. The highest BCUT2D eigenvalue weighted by Gasteiger charge is 2.13. The Morgan fingerprint density at radius 3 is 2.76 bits per heavy atom. The molecule has 130 valence electrons. The van der Waals surface area contributed by atoms with Gasteiger partial charge in [-0.3, -0.25) is 0 Å². The predicted molar refractivity (Wildman–Crippen MR) is 94.3 cm³/mol. The minimum Gasteiger partial charge on any atom is -0.327 e. The number of fused-ring (bicyclic) bond motifs is 1. The summed E-state index contributed by atoms with van der Waals surface area (Å²) in [6.45, 7) is 0.0581. The molecule has 0 saturated heterocycles. The maximum Gasteiger partial charge on any atom is 0.175 e. The van der Waals surface area contributed by atoms with Crippen molar-refractivity contribution in [3.63, 3.8) is 0 Å². The zero-order valence-electron chi connectivity index (χ0n) is 13.6. The van der Waals surface area contributed by atoms with Gasteiger partial charge in [-0.15, -0.1) is 5.10 Å². The van der Waals surface area contributed by atoms with E-state index in [-0.39, 0.29) is 18.0 Å². The summed E-state index contributed by atoms with van der Waals surface area (Å²) >= 11 is 0. The highest BCUT2D eigenvalue weighted by Crippen LogP contribution is 2.28. The van der Waals surface area contributed by atoms with E-state index in [1.54, 1.807) is 36.4 Å². The van der Waals surface area contributed by atoms with Crippen LogP contribution in [-0.4, -0.2) is 36.2 Å². The summed E-state index contributed by atoms with van der Waals surface area (Å²) in [7, 11) is -3.31. The minimum atomic E-state index is -3.31. The van der Waals surface area contributed by atoms with Crippen LogP contribution in [0.25, 0.3) is 22.2 Å². The Hall–Kier alpha value is -2.58. The van der Waals surface area contributed by atoms with Gasteiger partial charge in [0, 0.05) is 18.4 Å². The topological polar surface area (TPSA) is 90.9 Å². The number of rotatable bonds is 5. The molecule has 6 nitrogen and oxygen atoms in total. The second kappa shape index (κ2) is 6.73. The average molecular weight is 360 g/mol. The molecule has 0 aliphatic rings. The highest BCUT2D eigenvalue weighted by molar-refractivity contribution is 7.90. The van der Waals surface area contributed by atoms with E-state index < -0.39 is 15.7 Å². The lowest BCUT2D eigenvalue weighted by Crippen LogP contribution is -2.03. The molecule has 0 fully saturated rings. The molecule has 0 atom stereocenters. The van der Waals surface area contributed by atoms with Crippen molar-refractivity contribution < 1.29 is 12.8 Å². The second-order valence-electron chi connectivity index (χ2n) is 5.61. The molecule has 8 heteroatoms. The van der Waals surface area contributed by atoms with Crippen LogP contribution in [0.5, 0.6) is 0 Å². The number of aromatic nitrogens is 3. The molecule has 2 N–H and O–H groups in total. The van der Waals surface area contributed by atoms with E-state index in [1.165, 1.54) is 10.8 Å². The van der Waals surface area contributed by atoms with Crippen molar-refractivity contribution in [3.8, 4) is 11.1 Å². The lowest BCUT2D eigenvalue weighted by Gasteiger charge is -2.06. The molecule has 2 aromatic carbocycles. The standard InChI is InChI=1S/C17H17FN4O2S/c1-25(23,24)14-5-2-4-12(10-14)15-6-3-7-16-17(15)20-21-22(16)11-13(18)8-9-19/h2-8,10H,9,11,19H2,1H3/b13-8-. The molecule has 0 bridgehead atoms. The van der Waals surface area contributed by atoms with Crippen molar-refractivity contribution in [1.82, 2.24) is 15.0 Å². The van der Waals surface area contributed by atoms with Crippen molar-refractivity contribution >= 4 is 20.9 Å². The van der Waals surface area contributed by atoms with E-state index in [0.717, 1.165) is 11.8 Å². The van der Waals surface area contributed by atoms with Crippen molar-refractivity contribution in [2.45, 2.75) is 11.4 Å². The average Bonchev–Trinajstić information content (AvgIpc) is 2.97. The number of benzene rings is 2. The van der Waals surface area contributed by atoms with Crippen LogP contribution >= 0.6 is 0 Å². The molecule has 3 aromatic rings. The third kappa shape index (κ3) is 3.59. The first-order chi connectivity index (χ1) is 11.9. The van der Waals surface area contributed by atoms with Gasteiger partial charge in [-0.05, 0) is 29.8 Å². The maximum absolute atomic E-state index is 13.7. The number of hydrogen-bond donors (Lipinski definition) is 1. The number of nitrogens with zero attached hydrogens (tertiary/aromatic N) is 3. The van der Waals surface area contributed by atoms with Crippen LogP contribution in [-0.2, 0) is 16.4 Å². The number of sulfone groups is 1. The van der Waals surface area contributed by atoms with E-state index in [2.05, 4.69) is 10.3 Å². The molecule has 0 spiro atoms. The quantitative estimate of drug-likeness (QED) is 0.754. The number of allylic oxidation sites excluding steroid dienone is 1. The zero-order chi connectivity index (χ0) is 18.0. The molecule has 0 saturated carbocycles. The van der Waals surface area contributed by atoms with E-state index >= 15 is 0 Å². The molecule has 0 radical (unpaired) electrons. The SMILES string of the molecule is CS(=O)(=O)c1cccc(-c2cccc3c2nnn3C/C(F)=C/CN)c1. The maximum atomic E-state index is 13.7. The van der Waals surface area contributed by atoms with Gasteiger partial charge in [-0.2, -0.15) is 0 Å². The molecule has 25 heavy (non-hydrogen) atoms. The predicted octanol–water partition coefficient (Wildman–Crippen LogP) is 2.31. The Labute approximate surface area is 144 Å². The fraction of sp³-hybridized carbons (Fsp3) is 0.176. The van der Waals surface area contributed by atoms with Crippen molar-refractivity contribution in [2.24, 2.45) is 5.73 Å². The summed E-state index contributed by atoms with van der Waals surface area (Å²) in [4.78, 5) is 0.228. The van der Waals surface area contributed by atoms with Crippen molar-refractivity contribution in [1.29, 1.82) is 0 Å². The third-order valence-electron chi connectivity index (χ3n) is 3.76. The first kappa shape index (κ1) is 17.2. The lowest BCUT2D eigenvalue weighted by atomic mass is 10.0. The van der Waals surface area contributed by atoms with E-state index in [4.69, 9.17) is 5.73 Å². The van der Waals surface area contributed by atoms with Gasteiger partial charge >= 0.3 is 0 Å². The summed E-state index contributed by atoms with van der Waals surface area (Å²) in [6, 6.07) is 12.0. The fourth-order valence-electron chi connectivity index (χ4n) is 2.57. The van der Waals surface area contributed by atoms with Crippen LogP contribution in [0, 0.1) is 0 Å². The zero-order valence-corrected chi connectivity index (χ0v) is 14.4. The van der Waals surface area contributed by atoms with Crippen LogP contribution in [0.1, 0.15) is 0 Å². The number of nitrogens with two attached hydrogens (primary N) is 1. The van der Waals surface area contributed by atoms with Crippen LogP contribution in [0.4, 0.5) is 4.39 Å². The molecular formula is C17H17FN4O2S. The Balaban J connectivity index is 2.10. The summed E-state index contributed by atoms with van der Waals surface area (Å²) in [5, 5.41) is 8.14. The molecule has 0 aliphatic heterocycles.